The predicted octanol–water partition coefficient (Wildman–Crippen LogP) is 8.49. The van der Waals surface area contributed by atoms with Crippen molar-refractivity contribution in [3.63, 3.8) is 0 Å². The van der Waals surface area contributed by atoms with Gasteiger partial charge in [-0.15, -0.1) is 0 Å². The number of nitrogens with one attached hydrogen (secondary N) is 4. The second-order valence-electron chi connectivity index (χ2n) is 12.2. The average molecular weight is 535 g/mol. The molecule has 0 bridgehead atoms. The van der Waals surface area contributed by atoms with Crippen LogP contribution in [0.15, 0.2) is 0 Å². The van der Waals surface area contributed by atoms with Crippen molar-refractivity contribution in [2.45, 2.75) is 186 Å². The van der Waals surface area contributed by atoms with E-state index in [0.717, 1.165) is 51.5 Å². The Morgan fingerprint density at radius 2 is 0.816 bits per heavy atom. The van der Waals surface area contributed by atoms with Gasteiger partial charge < -0.3 is 21.3 Å². The van der Waals surface area contributed by atoms with Crippen LogP contribution in [0.1, 0.15) is 167 Å². The average Bonchev–Trinajstić information content (AvgIpc) is 2.94. The quantitative estimate of drug-likeness (QED) is 0.168. The van der Waals surface area contributed by atoms with Crippen LogP contribution in [-0.4, -0.2) is 36.7 Å². The van der Waals surface area contributed by atoms with Gasteiger partial charge in [0.2, 0.25) is 0 Å². The van der Waals surface area contributed by atoms with Crippen molar-refractivity contribution in [3.8, 4) is 0 Å². The van der Waals surface area contributed by atoms with E-state index in [9.17, 15) is 9.59 Å². The molecule has 6 nitrogen and oxygen atoms in total. The van der Waals surface area contributed by atoms with Gasteiger partial charge in [0.15, 0.2) is 0 Å². The van der Waals surface area contributed by atoms with Crippen molar-refractivity contribution in [1.29, 1.82) is 0 Å². The van der Waals surface area contributed by atoms with Crippen LogP contribution < -0.4 is 21.3 Å². The highest BCUT2D eigenvalue weighted by Crippen LogP contribution is 2.19. The number of hydrogen-bond donors (Lipinski definition) is 4. The third kappa shape index (κ3) is 17.2. The summed E-state index contributed by atoms with van der Waals surface area (Å²) in [7, 11) is 0. The Kier molecular flexibility index (Phi) is 19.3. The molecule has 0 aromatic heterocycles. The summed E-state index contributed by atoms with van der Waals surface area (Å²) >= 11 is 0. The fourth-order valence-electron chi connectivity index (χ4n) is 6.20. The summed E-state index contributed by atoms with van der Waals surface area (Å²) in [4.78, 5) is 23.5. The number of carbonyl (C=O) groups is 2. The molecule has 3 saturated carbocycles. The van der Waals surface area contributed by atoms with Gasteiger partial charge in [-0.05, 0) is 44.9 Å². The molecule has 0 aliphatic heterocycles. The van der Waals surface area contributed by atoms with E-state index in [2.05, 4.69) is 28.2 Å². The van der Waals surface area contributed by atoms with E-state index in [0.29, 0.717) is 18.1 Å². The molecular weight excluding hydrogens is 472 g/mol. The number of rotatable bonds is 14. The Hall–Kier alpha value is -1.46. The molecule has 0 unspecified atom stereocenters. The lowest BCUT2D eigenvalue weighted by atomic mass is 9.95. The van der Waals surface area contributed by atoms with Gasteiger partial charge in [0.05, 0.1) is 0 Å². The molecule has 3 aliphatic rings. The molecule has 3 rings (SSSR count). The summed E-state index contributed by atoms with van der Waals surface area (Å²) in [6.07, 6.45) is 32.0. The van der Waals surface area contributed by atoms with Crippen molar-refractivity contribution in [2.75, 3.05) is 6.54 Å². The molecule has 0 saturated heterocycles. The maximum atomic E-state index is 11.8. The molecule has 0 aromatic carbocycles. The van der Waals surface area contributed by atoms with Crippen LogP contribution in [0.4, 0.5) is 9.59 Å². The molecule has 0 heterocycles. The maximum absolute atomic E-state index is 11.8. The first kappa shape index (κ1) is 32.8. The molecule has 3 aliphatic carbocycles. The standard InChI is InChI=1S/C19H38N2O.C13H24N2O/c1-2-3-4-5-6-7-8-9-10-14-17-20-19(22)21-18-15-12-11-13-16-18;16-13(14-11-7-3-1-4-8-11)15-12-9-5-2-6-10-12/h18H,2-17H2,1H3,(H2,20,21,22);11-12H,1-10H2,(H2,14,15,16). The molecule has 0 aromatic rings. The molecule has 0 radical (unpaired) electrons. The largest absolute Gasteiger partial charge is 0.338 e. The first-order valence-electron chi connectivity index (χ1n) is 16.8. The molecular formula is C32H62N4O2. The van der Waals surface area contributed by atoms with E-state index in [1.807, 2.05) is 0 Å². The first-order chi connectivity index (χ1) is 18.7. The Labute approximate surface area is 235 Å². The first-order valence-corrected chi connectivity index (χ1v) is 16.8. The fraction of sp³-hybridized carbons (Fsp3) is 0.938. The lowest BCUT2D eigenvalue weighted by molar-refractivity contribution is 0.224. The molecule has 6 heteroatoms. The highest BCUT2D eigenvalue weighted by molar-refractivity contribution is 5.74. The normalized spacial score (nSPS) is 19.2. The zero-order chi connectivity index (χ0) is 27.1. The van der Waals surface area contributed by atoms with Gasteiger partial charge in [0, 0.05) is 24.7 Å². The van der Waals surface area contributed by atoms with Gasteiger partial charge in [-0.3, -0.25) is 0 Å². The molecule has 4 N–H and O–H groups in total. The predicted molar refractivity (Wildman–Crippen MR) is 161 cm³/mol. The van der Waals surface area contributed by atoms with E-state index in [-0.39, 0.29) is 12.1 Å². The monoisotopic (exact) mass is 534 g/mol. The third-order valence-corrected chi connectivity index (χ3v) is 8.64. The SMILES string of the molecule is CCCCCCCCCCCCNC(=O)NC1CCCCC1.O=C(NC1CCCCC1)NC1CCCCC1. The zero-order valence-corrected chi connectivity index (χ0v) is 24.9. The minimum atomic E-state index is 0.0443. The van der Waals surface area contributed by atoms with Crippen molar-refractivity contribution < 1.29 is 9.59 Å². The van der Waals surface area contributed by atoms with Crippen LogP contribution in [0, 0.1) is 0 Å². The Morgan fingerprint density at radius 3 is 1.21 bits per heavy atom. The molecule has 0 atom stereocenters. The number of unbranched alkanes of at least 4 members (excludes halogenated alkanes) is 9. The highest BCUT2D eigenvalue weighted by Gasteiger charge is 2.19. The van der Waals surface area contributed by atoms with Crippen molar-refractivity contribution in [2.24, 2.45) is 0 Å². The highest BCUT2D eigenvalue weighted by atomic mass is 16.2. The number of carbonyl (C=O) groups excluding carboxylic acids is 2. The van der Waals surface area contributed by atoms with Crippen LogP contribution in [0.5, 0.6) is 0 Å². The van der Waals surface area contributed by atoms with Gasteiger partial charge in [0.1, 0.15) is 0 Å². The van der Waals surface area contributed by atoms with Crippen molar-refractivity contribution >= 4 is 12.1 Å². The second kappa shape index (κ2) is 22.4. The van der Waals surface area contributed by atoms with Crippen LogP contribution >= 0.6 is 0 Å². The Balaban J connectivity index is 0.000000279. The molecule has 0 spiro atoms. The number of urea groups is 2. The van der Waals surface area contributed by atoms with Crippen molar-refractivity contribution in [1.82, 2.24) is 21.3 Å². The smallest absolute Gasteiger partial charge is 0.315 e. The minimum absolute atomic E-state index is 0.0443. The molecule has 3 fully saturated rings. The van der Waals surface area contributed by atoms with Crippen LogP contribution in [-0.2, 0) is 0 Å². The molecule has 38 heavy (non-hydrogen) atoms. The van der Waals surface area contributed by atoms with E-state index >= 15 is 0 Å². The summed E-state index contributed by atoms with van der Waals surface area (Å²) in [5.74, 6) is 0. The van der Waals surface area contributed by atoms with Gasteiger partial charge in [0.25, 0.3) is 0 Å². The minimum Gasteiger partial charge on any atom is -0.338 e. The second-order valence-corrected chi connectivity index (χ2v) is 12.2. The van der Waals surface area contributed by atoms with E-state index in [1.54, 1.807) is 0 Å². The Bertz CT molecular complexity index is 560. The van der Waals surface area contributed by atoms with E-state index in [1.165, 1.54) is 116 Å². The zero-order valence-electron chi connectivity index (χ0n) is 24.9. The van der Waals surface area contributed by atoms with Crippen LogP contribution in [0.3, 0.4) is 0 Å². The summed E-state index contributed by atoms with van der Waals surface area (Å²) in [6, 6.07) is 1.39. The molecule has 4 amide bonds. The summed E-state index contributed by atoms with van der Waals surface area (Å²) in [6.45, 7) is 3.10. The Morgan fingerprint density at radius 1 is 0.474 bits per heavy atom. The summed E-state index contributed by atoms with van der Waals surface area (Å²) in [5.41, 5.74) is 0. The van der Waals surface area contributed by atoms with E-state index in [4.69, 9.17) is 0 Å². The van der Waals surface area contributed by atoms with Crippen LogP contribution in [0.2, 0.25) is 0 Å². The van der Waals surface area contributed by atoms with Gasteiger partial charge in [-0.25, -0.2) is 9.59 Å². The van der Waals surface area contributed by atoms with Crippen molar-refractivity contribution in [3.05, 3.63) is 0 Å². The maximum Gasteiger partial charge on any atom is 0.315 e. The van der Waals surface area contributed by atoms with Gasteiger partial charge >= 0.3 is 12.1 Å². The third-order valence-electron chi connectivity index (χ3n) is 8.64. The molecule has 222 valence electrons. The number of hydrogen-bond acceptors (Lipinski definition) is 2. The lowest BCUT2D eigenvalue weighted by Crippen LogP contribution is -2.47. The van der Waals surface area contributed by atoms with Crippen LogP contribution in [0.25, 0.3) is 0 Å². The van der Waals surface area contributed by atoms with Gasteiger partial charge in [-0.2, -0.15) is 0 Å². The fourth-order valence-corrected chi connectivity index (χ4v) is 6.20. The summed E-state index contributed by atoms with van der Waals surface area (Å²) < 4.78 is 0. The summed E-state index contributed by atoms with van der Waals surface area (Å²) in [5, 5.41) is 12.3. The van der Waals surface area contributed by atoms with Gasteiger partial charge in [-0.1, -0.05) is 122 Å². The number of amides is 4. The van der Waals surface area contributed by atoms with E-state index < -0.39 is 0 Å². The lowest BCUT2D eigenvalue weighted by Gasteiger charge is -2.26. The topological polar surface area (TPSA) is 82.3 Å².